The van der Waals surface area contributed by atoms with Crippen molar-refractivity contribution >= 4 is 7.60 Å². The van der Waals surface area contributed by atoms with E-state index in [9.17, 15) is 9.46 Å². The molecule has 1 atom stereocenters. The van der Waals surface area contributed by atoms with E-state index < -0.39 is 7.60 Å². The Bertz CT molecular complexity index is 217. The van der Waals surface area contributed by atoms with E-state index in [2.05, 4.69) is 6.92 Å². The molecule has 3 nitrogen and oxygen atoms in total. The molecule has 0 saturated heterocycles. The van der Waals surface area contributed by atoms with Crippen LogP contribution in [-0.2, 0) is 9.09 Å². The van der Waals surface area contributed by atoms with Crippen molar-refractivity contribution < 1.29 is 14.0 Å². The fourth-order valence-electron chi connectivity index (χ4n) is 1.83. The Labute approximate surface area is 106 Å². The molecule has 0 heterocycles. The van der Waals surface area contributed by atoms with Crippen LogP contribution in [0.25, 0.3) is 0 Å². The maximum absolute atomic E-state index is 11.5. The summed E-state index contributed by atoms with van der Waals surface area (Å²) in [4.78, 5) is 9.49. The van der Waals surface area contributed by atoms with Gasteiger partial charge in [0.05, 0.1) is 6.10 Å². The molecule has 0 spiro atoms. The molecule has 4 heteroatoms. The van der Waals surface area contributed by atoms with Crippen LogP contribution in [0.3, 0.4) is 0 Å². The van der Waals surface area contributed by atoms with Gasteiger partial charge in [-0.1, -0.05) is 51.9 Å². The van der Waals surface area contributed by atoms with Gasteiger partial charge >= 0.3 is 7.60 Å². The van der Waals surface area contributed by atoms with Gasteiger partial charge < -0.3 is 9.42 Å². The second-order valence-electron chi connectivity index (χ2n) is 4.99. The van der Waals surface area contributed by atoms with Gasteiger partial charge in [-0.3, -0.25) is 4.57 Å². The third-order valence-electron chi connectivity index (χ3n) is 2.67. The molecule has 0 amide bonds. The molecule has 0 saturated carbocycles. The minimum absolute atomic E-state index is 0.167. The van der Waals surface area contributed by atoms with E-state index in [4.69, 9.17) is 4.52 Å². The standard InChI is InChI=1S/C13H29O3P/c1-4-5-6-7-8-9-10-11-12-17(14,15)16-13(2)3/h13H,4-12H2,1-3H3,(H,14,15). The van der Waals surface area contributed by atoms with Gasteiger partial charge in [0.1, 0.15) is 0 Å². The molecule has 0 rings (SSSR count). The Morgan fingerprint density at radius 1 is 1.00 bits per heavy atom. The van der Waals surface area contributed by atoms with Crippen LogP contribution in [-0.4, -0.2) is 17.2 Å². The van der Waals surface area contributed by atoms with E-state index in [-0.39, 0.29) is 6.10 Å². The summed E-state index contributed by atoms with van der Waals surface area (Å²) in [6, 6.07) is 0. The molecule has 1 unspecified atom stereocenters. The Kier molecular flexibility index (Phi) is 10.2. The van der Waals surface area contributed by atoms with Gasteiger partial charge in [-0.05, 0) is 20.3 Å². The predicted molar refractivity (Wildman–Crippen MR) is 73.5 cm³/mol. The third-order valence-corrected chi connectivity index (χ3v) is 4.30. The van der Waals surface area contributed by atoms with Crippen LogP contribution >= 0.6 is 7.60 Å². The van der Waals surface area contributed by atoms with Crippen molar-refractivity contribution in [3.05, 3.63) is 0 Å². The molecule has 0 aromatic carbocycles. The average molecular weight is 264 g/mol. The summed E-state index contributed by atoms with van der Waals surface area (Å²) in [5.41, 5.74) is 0. The smallest absolute Gasteiger partial charge is 0.324 e. The summed E-state index contributed by atoms with van der Waals surface area (Å²) in [6.07, 6.45) is 9.63. The van der Waals surface area contributed by atoms with Gasteiger partial charge in [-0.15, -0.1) is 0 Å². The van der Waals surface area contributed by atoms with Crippen molar-refractivity contribution in [2.24, 2.45) is 0 Å². The molecule has 0 aliphatic heterocycles. The minimum atomic E-state index is -3.31. The molecular formula is C13H29O3P. The maximum atomic E-state index is 11.5. The first-order valence-electron chi connectivity index (χ1n) is 6.98. The van der Waals surface area contributed by atoms with Crippen molar-refractivity contribution in [3.63, 3.8) is 0 Å². The molecule has 0 aliphatic carbocycles. The van der Waals surface area contributed by atoms with Crippen LogP contribution in [0.2, 0.25) is 0 Å². The molecule has 0 aliphatic rings. The molecule has 17 heavy (non-hydrogen) atoms. The predicted octanol–water partition coefficient (Wildman–Crippen LogP) is 4.74. The highest BCUT2D eigenvalue weighted by molar-refractivity contribution is 7.52. The normalized spacial score (nSPS) is 15.1. The first-order valence-corrected chi connectivity index (χ1v) is 8.74. The lowest BCUT2D eigenvalue weighted by Gasteiger charge is -2.14. The van der Waals surface area contributed by atoms with Crippen LogP contribution < -0.4 is 0 Å². The zero-order valence-corrected chi connectivity index (χ0v) is 12.5. The van der Waals surface area contributed by atoms with E-state index in [1.165, 1.54) is 38.5 Å². The fraction of sp³-hybridized carbons (Fsp3) is 1.00. The number of hydrogen-bond donors (Lipinski definition) is 1. The fourth-order valence-corrected chi connectivity index (χ4v) is 3.22. The van der Waals surface area contributed by atoms with Crippen LogP contribution in [0.15, 0.2) is 0 Å². The third kappa shape index (κ3) is 12.4. The van der Waals surface area contributed by atoms with Gasteiger partial charge in [-0.2, -0.15) is 0 Å². The summed E-state index contributed by atoms with van der Waals surface area (Å²) in [6.45, 7) is 5.79. The Balaban J connectivity index is 3.35. The summed E-state index contributed by atoms with van der Waals surface area (Å²) < 4.78 is 16.5. The van der Waals surface area contributed by atoms with E-state index >= 15 is 0 Å². The Hall–Kier alpha value is 0.150. The molecule has 0 fully saturated rings. The van der Waals surface area contributed by atoms with E-state index in [1.54, 1.807) is 13.8 Å². The highest BCUT2D eigenvalue weighted by Crippen LogP contribution is 2.44. The molecule has 0 aromatic rings. The highest BCUT2D eigenvalue weighted by Gasteiger charge is 2.19. The lowest BCUT2D eigenvalue weighted by molar-refractivity contribution is 0.204. The van der Waals surface area contributed by atoms with Gasteiger partial charge in [0.2, 0.25) is 0 Å². The molecule has 0 radical (unpaired) electrons. The second-order valence-corrected chi connectivity index (χ2v) is 6.92. The monoisotopic (exact) mass is 264 g/mol. The topological polar surface area (TPSA) is 46.5 Å². The first kappa shape index (κ1) is 17.2. The van der Waals surface area contributed by atoms with Crippen molar-refractivity contribution in [1.82, 2.24) is 0 Å². The quantitative estimate of drug-likeness (QED) is 0.433. The zero-order valence-electron chi connectivity index (χ0n) is 11.7. The Morgan fingerprint density at radius 2 is 1.47 bits per heavy atom. The number of hydrogen-bond acceptors (Lipinski definition) is 2. The van der Waals surface area contributed by atoms with Crippen molar-refractivity contribution in [2.75, 3.05) is 6.16 Å². The molecule has 104 valence electrons. The van der Waals surface area contributed by atoms with Crippen LogP contribution in [0.1, 0.15) is 72.1 Å². The highest BCUT2D eigenvalue weighted by atomic mass is 31.2. The minimum Gasteiger partial charge on any atom is -0.324 e. The lowest BCUT2D eigenvalue weighted by Crippen LogP contribution is -2.02. The maximum Gasteiger partial charge on any atom is 0.328 e. The zero-order chi connectivity index (χ0) is 13.1. The SMILES string of the molecule is CCCCCCCCCCP(=O)(O)OC(C)C. The van der Waals surface area contributed by atoms with Gasteiger partial charge in [-0.25, -0.2) is 0 Å². The van der Waals surface area contributed by atoms with E-state index in [1.807, 2.05) is 0 Å². The molecule has 1 N–H and O–H groups in total. The first-order chi connectivity index (χ1) is 7.98. The largest absolute Gasteiger partial charge is 0.328 e. The lowest BCUT2D eigenvalue weighted by atomic mass is 10.1. The second kappa shape index (κ2) is 10.1. The van der Waals surface area contributed by atoms with Crippen molar-refractivity contribution in [1.29, 1.82) is 0 Å². The molecule has 0 bridgehead atoms. The Morgan fingerprint density at radius 3 is 1.94 bits per heavy atom. The van der Waals surface area contributed by atoms with Crippen LogP contribution in [0.5, 0.6) is 0 Å². The molecular weight excluding hydrogens is 235 g/mol. The van der Waals surface area contributed by atoms with E-state index in [0.717, 1.165) is 12.8 Å². The molecule has 0 aromatic heterocycles. The van der Waals surface area contributed by atoms with Gasteiger partial charge in [0.25, 0.3) is 0 Å². The van der Waals surface area contributed by atoms with Gasteiger partial charge in [0.15, 0.2) is 0 Å². The summed E-state index contributed by atoms with van der Waals surface area (Å²) in [5, 5.41) is 0. The average Bonchev–Trinajstić information content (AvgIpc) is 2.20. The van der Waals surface area contributed by atoms with E-state index in [0.29, 0.717) is 6.16 Å². The number of rotatable bonds is 11. The summed E-state index contributed by atoms with van der Waals surface area (Å²) in [5.74, 6) is 0. The van der Waals surface area contributed by atoms with Crippen molar-refractivity contribution in [2.45, 2.75) is 78.2 Å². The number of unbranched alkanes of at least 4 members (excludes halogenated alkanes) is 7. The summed E-state index contributed by atoms with van der Waals surface area (Å²) >= 11 is 0. The van der Waals surface area contributed by atoms with Gasteiger partial charge in [0, 0.05) is 6.16 Å². The van der Waals surface area contributed by atoms with Crippen LogP contribution in [0.4, 0.5) is 0 Å². The van der Waals surface area contributed by atoms with Crippen LogP contribution in [0, 0.1) is 0 Å². The van der Waals surface area contributed by atoms with Crippen molar-refractivity contribution in [3.8, 4) is 0 Å². The summed E-state index contributed by atoms with van der Waals surface area (Å²) in [7, 11) is -3.31.